The Kier molecular flexibility index (Phi) is 32.0. The summed E-state index contributed by atoms with van der Waals surface area (Å²) in [7, 11) is 53.7. The number of ether oxygens (including phenoxy) is 16. The van der Waals surface area contributed by atoms with E-state index in [2.05, 4.69) is 16.0 Å². The van der Waals surface area contributed by atoms with E-state index in [0.29, 0.717) is 65.9 Å². The smallest absolute Gasteiger partial charge is 0.239 e. The van der Waals surface area contributed by atoms with E-state index >= 15 is 0 Å². The standard InChI is InChI=1S/C19H32B3N7O6.4C8H13BO4/c1-24-2-5-28(18(34)9-21)12-15(31)26-4-7-29(19(35)10-22)13-16(32)25-3-6-27(11-14(23)30)17(33)8-20;2*1-10-3-8-4-12-5(6(8)11-2)7(9)13-8;2*1-10-3-8-4-12-6(8)5(11-2)7(9)13-8/h24H,2-13H2,1H3,(H2,23,30)(H,25,32)(H,26,31);4*5-7H,3-4H2,1-2H3/t;4*5-,6+,7-,8+/m.1010/s1. The highest BCUT2D eigenvalue weighted by atomic mass is 16.7. The molecule has 0 unspecified atom stereocenters. The van der Waals surface area contributed by atoms with Crippen LogP contribution in [0.2, 0.25) is 19.0 Å². The molecule has 4 bridgehead atoms. The molecule has 0 aromatic heterocycles. The summed E-state index contributed by atoms with van der Waals surface area (Å²) in [6, 6.07) is -1.61. The van der Waals surface area contributed by atoms with Gasteiger partial charge in [-0.3, -0.25) is 28.8 Å². The first-order valence-electron chi connectivity index (χ1n) is 28.2. The highest BCUT2D eigenvalue weighted by molar-refractivity contribution is 6.20. The molecule has 476 valence electrons. The Labute approximate surface area is 519 Å². The summed E-state index contributed by atoms with van der Waals surface area (Å²) in [6.07, 6.45) is -1.93. The summed E-state index contributed by atoms with van der Waals surface area (Å²) >= 11 is 0. The number of carbonyl (C=O) groups is 6. The zero-order chi connectivity index (χ0) is 64.7. The molecular weight excluding hydrogens is 1140 g/mol. The summed E-state index contributed by atoms with van der Waals surface area (Å²) < 4.78 is 85.4. The number of nitrogens with one attached hydrogen (secondary N) is 3. The van der Waals surface area contributed by atoms with E-state index in [4.69, 9.17) is 136 Å². The van der Waals surface area contributed by atoms with Gasteiger partial charge in [-0.15, -0.1) is 0 Å². The molecule has 8 heterocycles. The summed E-state index contributed by atoms with van der Waals surface area (Å²) in [5.74, 6) is -3.12. The van der Waals surface area contributed by atoms with E-state index in [1.807, 2.05) is 0 Å². The van der Waals surface area contributed by atoms with E-state index in [1.165, 1.54) is 4.90 Å². The van der Waals surface area contributed by atoms with E-state index in [1.54, 1.807) is 63.9 Å². The third-order valence-electron chi connectivity index (χ3n) is 15.3. The van der Waals surface area contributed by atoms with Gasteiger partial charge in [0.25, 0.3) is 0 Å². The van der Waals surface area contributed by atoms with Gasteiger partial charge in [-0.1, -0.05) is 0 Å². The van der Waals surface area contributed by atoms with Crippen molar-refractivity contribution >= 4 is 90.4 Å². The van der Waals surface area contributed by atoms with Gasteiger partial charge in [-0.25, -0.2) is 0 Å². The molecule has 8 aliphatic rings. The molecule has 87 heavy (non-hydrogen) atoms. The molecule has 8 rings (SSSR count). The molecule has 36 heteroatoms. The molecule has 5 N–H and O–H groups in total. The number of carbonyl (C=O) groups excluding carboxylic acids is 6. The van der Waals surface area contributed by atoms with Crippen LogP contribution in [0.4, 0.5) is 0 Å². The third-order valence-corrected chi connectivity index (χ3v) is 15.3. The minimum absolute atomic E-state index is 0.00280. The maximum Gasteiger partial charge on any atom is 0.239 e. The van der Waals surface area contributed by atoms with Gasteiger partial charge in [0.05, 0.1) is 96.0 Å². The Morgan fingerprint density at radius 2 is 0.793 bits per heavy atom. The molecule has 14 radical (unpaired) electrons. The first kappa shape index (κ1) is 76.1. The fourth-order valence-electron chi connectivity index (χ4n) is 11.2. The summed E-state index contributed by atoms with van der Waals surface area (Å²) in [5, 5.41) is 7.99. The van der Waals surface area contributed by atoms with Crippen LogP contribution < -0.4 is 21.7 Å². The summed E-state index contributed by atoms with van der Waals surface area (Å²) in [4.78, 5) is 74.8. The monoisotopic (exact) mass is 1220 g/mol. The number of amides is 6. The lowest BCUT2D eigenvalue weighted by molar-refractivity contribution is -0.244. The second-order valence-electron chi connectivity index (χ2n) is 21.4. The fourth-order valence-corrected chi connectivity index (χ4v) is 11.2. The van der Waals surface area contributed by atoms with Gasteiger partial charge >= 0.3 is 0 Å². The summed E-state index contributed by atoms with van der Waals surface area (Å²) in [6.45, 7) is 3.90. The zero-order valence-electron chi connectivity index (χ0n) is 51.5. The van der Waals surface area contributed by atoms with Gasteiger partial charge in [0, 0.05) is 120 Å². The molecule has 0 aromatic carbocycles. The maximum absolute atomic E-state index is 12.3. The van der Waals surface area contributed by atoms with Crippen LogP contribution in [0.15, 0.2) is 0 Å². The number of nitrogens with zero attached hydrogens (tertiary/aromatic N) is 3. The predicted molar refractivity (Wildman–Crippen MR) is 314 cm³/mol. The van der Waals surface area contributed by atoms with Gasteiger partial charge < -0.3 is 112 Å². The van der Waals surface area contributed by atoms with Crippen molar-refractivity contribution in [1.29, 1.82) is 0 Å². The van der Waals surface area contributed by atoms with Crippen LogP contribution in [0, 0.1) is 0 Å². The van der Waals surface area contributed by atoms with Gasteiger partial charge in [0.2, 0.25) is 35.4 Å². The van der Waals surface area contributed by atoms with Crippen molar-refractivity contribution in [2.45, 2.75) is 114 Å². The highest BCUT2D eigenvalue weighted by Crippen LogP contribution is 2.44. The highest BCUT2D eigenvalue weighted by Gasteiger charge is 2.64. The number of hydrogen-bond acceptors (Lipinski definition) is 23. The molecular formula is C51H84B7N7O22. The topological polar surface area (TPSA) is 322 Å². The molecule has 16 atom stereocenters. The van der Waals surface area contributed by atoms with Crippen molar-refractivity contribution in [2.24, 2.45) is 5.73 Å². The average Bonchev–Trinajstić information content (AvgIpc) is 1.69. The Morgan fingerprint density at radius 3 is 1.07 bits per heavy atom. The molecule has 8 fully saturated rings. The number of hydrogen-bond donors (Lipinski definition) is 4. The van der Waals surface area contributed by atoms with Crippen molar-refractivity contribution < 1.29 is 105 Å². The number of likely N-dealkylation sites (N-methyl/N-ethyl adjacent to an activating group) is 1. The lowest BCUT2D eigenvalue weighted by Crippen LogP contribution is -2.61. The molecule has 0 saturated carbocycles. The lowest BCUT2D eigenvalue weighted by atomic mass is 9.86. The molecule has 0 aliphatic carbocycles. The second kappa shape index (κ2) is 36.6. The first-order valence-corrected chi connectivity index (χ1v) is 28.2. The molecule has 8 aliphatic heterocycles. The van der Waals surface area contributed by atoms with Crippen molar-refractivity contribution in [2.75, 3.05) is 176 Å². The molecule has 8 saturated heterocycles. The van der Waals surface area contributed by atoms with Crippen LogP contribution in [-0.2, 0) is 105 Å². The van der Waals surface area contributed by atoms with Crippen molar-refractivity contribution in [1.82, 2.24) is 30.7 Å². The zero-order valence-corrected chi connectivity index (χ0v) is 51.5. The van der Waals surface area contributed by atoms with Crippen LogP contribution in [0.1, 0.15) is 0 Å². The van der Waals surface area contributed by atoms with Gasteiger partial charge in [0.1, 0.15) is 103 Å². The number of rotatable bonds is 30. The van der Waals surface area contributed by atoms with Gasteiger partial charge in [-0.05, 0) is 26.0 Å². The normalized spacial score (nSPS) is 33.2. The van der Waals surface area contributed by atoms with E-state index in [0.717, 1.165) is 9.80 Å². The third kappa shape index (κ3) is 19.3. The quantitative estimate of drug-likeness (QED) is 0.0486. The maximum atomic E-state index is 12.3. The number of fused-ring (bicyclic) bond motifs is 6. The Balaban J connectivity index is 0.000000254. The van der Waals surface area contributed by atoms with Crippen molar-refractivity contribution in [3.05, 3.63) is 0 Å². The summed E-state index contributed by atoms with van der Waals surface area (Å²) in [5.41, 5.74) is 3.38. The van der Waals surface area contributed by atoms with E-state index < -0.39 is 64.8 Å². The molecule has 0 aromatic rings. The Bertz CT molecular complexity index is 2090. The van der Waals surface area contributed by atoms with E-state index in [9.17, 15) is 28.8 Å². The molecule has 29 nitrogen and oxygen atoms in total. The van der Waals surface area contributed by atoms with Crippen LogP contribution in [0.5, 0.6) is 0 Å². The van der Waals surface area contributed by atoms with E-state index in [-0.39, 0.29) is 131 Å². The van der Waals surface area contributed by atoms with Gasteiger partial charge in [0.15, 0.2) is 0 Å². The van der Waals surface area contributed by atoms with Gasteiger partial charge in [-0.2, -0.15) is 0 Å². The fraction of sp³-hybridized carbons (Fsp3) is 0.882. The molecule has 0 spiro atoms. The van der Waals surface area contributed by atoms with Crippen LogP contribution in [-0.4, -0.2) is 376 Å². The molecule has 6 amide bonds. The second-order valence-corrected chi connectivity index (χ2v) is 21.4. The first-order chi connectivity index (χ1) is 41.5. The largest absolute Gasteiger partial charge is 0.381 e. The minimum Gasteiger partial charge on any atom is -0.381 e. The average molecular weight is 1220 g/mol. The van der Waals surface area contributed by atoms with Crippen molar-refractivity contribution in [3.8, 4) is 0 Å². The Hall–Kier alpha value is -3.41. The minimum atomic E-state index is -0.725. The van der Waals surface area contributed by atoms with Crippen LogP contribution in [0.25, 0.3) is 0 Å². The SMILES string of the molecule is [B]CC(=O)N(CCNC(=O)CN(CCNC(=O)CN(CCNC)C(=O)C[B])C(=O)C[B])CC(N)=O.[B][C@@H]1O[C@@]2(COC)CO[C@@H]1[C@@H]2OC.[B][C@@H]1O[C@@]2(COC)CO[C@H]2[C@H]1OC.[B][C@H]1O[C@]2(COC)CO[C@@H]2[C@@H]1OC.[B][C@H]1O[C@]2(COC)CO[C@H]1[C@H]2OC. The number of nitrogens with two attached hydrogens (primary N) is 1. The van der Waals surface area contributed by atoms with Crippen LogP contribution >= 0.6 is 0 Å². The van der Waals surface area contributed by atoms with Crippen molar-refractivity contribution in [3.63, 3.8) is 0 Å². The van der Waals surface area contributed by atoms with Crippen LogP contribution in [0.3, 0.4) is 0 Å². The lowest BCUT2D eigenvalue weighted by Gasteiger charge is -2.43. The number of primary amides is 1. The number of methoxy groups -OCH3 is 8. The Morgan fingerprint density at radius 1 is 0.471 bits per heavy atom. The predicted octanol–water partition coefficient (Wildman–Crippen LogP) is -7.59.